The van der Waals surface area contributed by atoms with Crippen molar-refractivity contribution in [2.45, 2.75) is 6.10 Å². The van der Waals surface area contributed by atoms with Gasteiger partial charge >= 0.3 is 5.97 Å². The maximum atomic E-state index is 11.6. The van der Waals surface area contributed by atoms with Crippen LogP contribution in [0.5, 0.6) is 5.75 Å². The topological polar surface area (TPSA) is 57.1 Å². The van der Waals surface area contributed by atoms with Crippen LogP contribution in [0.25, 0.3) is 0 Å². The SMILES string of the molecule is COc1ccc(C(=O)OC2C=NOC2)cc1. The second kappa shape index (κ2) is 4.65. The minimum Gasteiger partial charge on any atom is -0.497 e. The number of hydrogen-bond acceptors (Lipinski definition) is 5. The normalized spacial score (nSPS) is 17.9. The summed E-state index contributed by atoms with van der Waals surface area (Å²) in [4.78, 5) is 16.3. The Hall–Kier alpha value is -2.04. The van der Waals surface area contributed by atoms with Crippen LogP contribution in [-0.4, -0.2) is 32.0 Å². The largest absolute Gasteiger partial charge is 0.497 e. The van der Waals surface area contributed by atoms with Crippen LogP contribution in [0.3, 0.4) is 0 Å². The third kappa shape index (κ3) is 2.31. The number of carbonyl (C=O) groups is 1. The van der Waals surface area contributed by atoms with Crippen molar-refractivity contribution in [1.29, 1.82) is 0 Å². The lowest BCUT2D eigenvalue weighted by molar-refractivity contribution is 0.0297. The summed E-state index contributed by atoms with van der Waals surface area (Å²) >= 11 is 0. The first-order valence-electron chi connectivity index (χ1n) is 4.80. The van der Waals surface area contributed by atoms with Crippen molar-refractivity contribution >= 4 is 12.2 Å². The minimum atomic E-state index is -0.399. The zero-order valence-electron chi connectivity index (χ0n) is 8.75. The third-order valence-electron chi connectivity index (χ3n) is 2.12. The monoisotopic (exact) mass is 221 g/mol. The van der Waals surface area contributed by atoms with E-state index in [1.807, 2.05) is 0 Å². The van der Waals surface area contributed by atoms with E-state index in [0.29, 0.717) is 11.3 Å². The number of ether oxygens (including phenoxy) is 2. The minimum absolute atomic E-state index is 0.280. The van der Waals surface area contributed by atoms with E-state index in [0.717, 1.165) is 0 Å². The zero-order chi connectivity index (χ0) is 11.4. The van der Waals surface area contributed by atoms with E-state index in [4.69, 9.17) is 14.3 Å². The summed E-state index contributed by atoms with van der Waals surface area (Å²) in [7, 11) is 1.57. The molecule has 1 aromatic carbocycles. The summed E-state index contributed by atoms with van der Waals surface area (Å²) < 4.78 is 10.1. The van der Waals surface area contributed by atoms with Crippen LogP contribution in [0, 0.1) is 0 Å². The Morgan fingerprint density at radius 1 is 1.44 bits per heavy atom. The van der Waals surface area contributed by atoms with Crippen molar-refractivity contribution in [1.82, 2.24) is 0 Å². The molecular weight excluding hydrogens is 210 g/mol. The molecule has 0 saturated heterocycles. The van der Waals surface area contributed by atoms with Crippen LogP contribution in [0.4, 0.5) is 0 Å². The van der Waals surface area contributed by atoms with Gasteiger partial charge in [-0.1, -0.05) is 5.16 Å². The van der Waals surface area contributed by atoms with Gasteiger partial charge in [0.05, 0.1) is 18.9 Å². The van der Waals surface area contributed by atoms with Crippen LogP contribution in [-0.2, 0) is 9.57 Å². The number of rotatable bonds is 3. The standard InChI is InChI=1S/C11H11NO4/c1-14-9-4-2-8(3-5-9)11(13)16-10-6-12-15-7-10/h2-6,10H,7H2,1H3. The van der Waals surface area contributed by atoms with Gasteiger partial charge in [0.2, 0.25) is 0 Å². The molecule has 5 heteroatoms. The number of hydrogen-bond donors (Lipinski definition) is 0. The summed E-state index contributed by atoms with van der Waals surface area (Å²) in [5.41, 5.74) is 0.473. The Balaban J connectivity index is 1.99. The molecule has 16 heavy (non-hydrogen) atoms. The summed E-state index contributed by atoms with van der Waals surface area (Å²) in [6, 6.07) is 6.70. The Kier molecular flexibility index (Phi) is 3.05. The van der Waals surface area contributed by atoms with E-state index in [2.05, 4.69) is 5.16 Å². The molecule has 2 rings (SSSR count). The first kappa shape index (κ1) is 10.5. The maximum Gasteiger partial charge on any atom is 0.338 e. The average molecular weight is 221 g/mol. The average Bonchev–Trinajstić information content (AvgIpc) is 2.82. The maximum absolute atomic E-state index is 11.6. The van der Waals surface area contributed by atoms with Crippen molar-refractivity contribution in [3.63, 3.8) is 0 Å². The first-order valence-corrected chi connectivity index (χ1v) is 4.80. The quantitative estimate of drug-likeness (QED) is 0.720. The van der Waals surface area contributed by atoms with Gasteiger partial charge in [-0.2, -0.15) is 0 Å². The second-order valence-electron chi connectivity index (χ2n) is 3.22. The Morgan fingerprint density at radius 3 is 2.75 bits per heavy atom. The number of benzene rings is 1. The van der Waals surface area contributed by atoms with Crippen molar-refractivity contribution in [2.75, 3.05) is 13.7 Å². The number of nitrogens with zero attached hydrogens (tertiary/aromatic N) is 1. The van der Waals surface area contributed by atoms with Gasteiger partial charge in [-0.3, -0.25) is 0 Å². The van der Waals surface area contributed by atoms with E-state index >= 15 is 0 Å². The first-order chi connectivity index (χ1) is 7.79. The molecule has 84 valence electrons. The highest BCUT2D eigenvalue weighted by atomic mass is 16.7. The highest BCUT2D eigenvalue weighted by Crippen LogP contribution is 2.13. The van der Waals surface area contributed by atoms with Gasteiger partial charge in [-0.15, -0.1) is 0 Å². The van der Waals surface area contributed by atoms with Crippen LogP contribution in [0.1, 0.15) is 10.4 Å². The molecule has 0 radical (unpaired) electrons. The molecule has 1 aromatic rings. The summed E-state index contributed by atoms with van der Waals surface area (Å²) in [6.45, 7) is 0.280. The van der Waals surface area contributed by atoms with E-state index in [9.17, 15) is 4.79 Å². The van der Waals surface area contributed by atoms with E-state index in [1.165, 1.54) is 6.21 Å². The Labute approximate surface area is 92.6 Å². The number of methoxy groups -OCH3 is 1. The number of oxime groups is 1. The van der Waals surface area contributed by atoms with Crippen molar-refractivity contribution in [3.05, 3.63) is 29.8 Å². The highest BCUT2D eigenvalue weighted by Gasteiger charge is 2.18. The fraction of sp³-hybridized carbons (Fsp3) is 0.273. The van der Waals surface area contributed by atoms with Crippen LogP contribution in [0.2, 0.25) is 0 Å². The van der Waals surface area contributed by atoms with Crippen LogP contribution < -0.4 is 4.74 Å². The predicted molar refractivity (Wildman–Crippen MR) is 56.6 cm³/mol. The molecule has 1 aliphatic heterocycles. The number of esters is 1. The van der Waals surface area contributed by atoms with Gasteiger partial charge in [0.15, 0.2) is 12.7 Å². The van der Waals surface area contributed by atoms with Crippen LogP contribution >= 0.6 is 0 Å². The van der Waals surface area contributed by atoms with E-state index < -0.39 is 12.1 Å². The highest BCUT2D eigenvalue weighted by molar-refractivity contribution is 5.90. The fourth-order valence-corrected chi connectivity index (χ4v) is 1.27. The molecule has 0 N–H and O–H groups in total. The molecule has 1 unspecified atom stereocenters. The van der Waals surface area contributed by atoms with Crippen molar-refractivity contribution < 1.29 is 19.1 Å². The van der Waals surface area contributed by atoms with Gasteiger partial charge in [0.1, 0.15) is 5.75 Å². The molecule has 0 spiro atoms. The molecule has 0 aromatic heterocycles. The predicted octanol–water partition coefficient (Wildman–Crippen LogP) is 1.24. The molecular formula is C11H11NO4. The fourth-order valence-electron chi connectivity index (χ4n) is 1.27. The number of carbonyl (C=O) groups excluding carboxylic acids is 1. The van der Waals surface area contributed by atoms with Crippen molar-refractivity contribution in [3.8, 4) is 5.75 Å². The molecule has 5 nitrogen and oxygen atoms in total. The molecule has 1 aliphatic rings. The lowest BCUT2D eigenvalue weighted by Crippen LogP contribution is -2.20. The molecule has 0 aliphatic carbocycles. The molecule has 0 amide bonds. The summed E-state index contributed by atoms with van der Waals surface area (Å²) in [6.07, 6.45) is 1.07. The van der Waals surface area contributed by atoms with E-state index in [-0.39, 0.29) is 6.61 Å². The van der Waals surface area contributed by atoms with Gasteiger partial charge in [-0.25, -0.2) is 4.79 Å². The second-order valence-corrected chi connectivity index (χ2v) is 3.22. The lowest BCUT2D eigenvalue weighted by atomic mass is 10.2. The third-order valence-corrected chi connectivity index (χ3v) is 2.12. The van der Waals surface area contributed by atoms with E-state index in [1.54, 1.807) is 31.4 Å². The summed E-state index contributed by atoms with van der Waals surface area (Å²) in [5, 5.41) is 3.52. The van der Waals surface area contributed by atoms with Gasteiger partial charge in [0.25, 0.3) is 0 Å². The van der Waals surface area contributed by atoms with Crippen molar-refractivity contribution in [2.24, 2.45) is 5.16 Å². The van der Waals surface area contributed by atoms with Crippen LogP contribution in [0.15, 0.2) is 29.4 Å². The Bertz CT molecular complexity index is 399. The van der Waals surface area contributed by atoms with Gasteiger partial charge in [-0.05, 0) is 24.3 Å². The molecule has 0 bridgehead atoms. The van der Waals surface area contributed by atoms with Gasteiger partial charge < -0.3 is 14.3 Å². The smallest absolute Gasteiger partial charge is 0.338 e. The Morgan fingerprint density at radius 2 is 2.19 bits per heavy atom. The zero-order valence-corrected chi connectivity index (χ0v) is 8.75. The molecule has 1 atom stereocenters. The molecule has 1 heterocycles. The molecule has 0 fully saturated rings. The molecule has 0 saturated carbocycles. The van der Waals surface area contributed by atoms with Gasteiger partial charge in [0, 0.05) is 0 Å². The summed E-state index contributed by atoms with van der Waals surface area (Å²) in [5.74, 6) is 0.298. The lowest BCUT2D eigenvalue weighted by Gasteiger charge is -2.07.